The monoisotopic (exact) mass is 312 g/mol. The summed E-state index contributed by atoms with van der Waals surface area (Å²) in [6.45, 7) is 6.85. The van der Waals surface area contributed by atoms with Gasteiger partial charge in [-0.25, -0.2) is 0 Å². The van der Waals surface area contributed by atoms with Gasteiger partial charge in [0.2, 0.25) is 0 Å². The third kappa shape index (κ3) is 2.34. The van der Waals surface area contributed by atoms with E-state index in [9.17, 15) is 0 Å². The molecule has 120 valence electrons. The van der Waals surface area contributed by atoms with E-state index in [4.69, 9.17) is 8.94 Å². The Morgan fingerprint density at radius 2 is 2.17 bits per heavy atom. The number of likely N-dealkylation sites (N-methyl/N-ethyl adjacent to an activating group) is 1. The Kier molecular flexibility index (Phi) is 3.43. The first-order valence-corrected chi connectivity index (χ1v) is 7.89. The number of para-hydroxylation sites is 1. The van der Waals surface area contributed by atoms with Crippen LogP contribution in [0.25, 0.3) is 22.6 Å². The highest BCUT2D eigenvalue weighted by Crippen LogP contribution is 2.34. The number of aryl methyl sites for hydroxylation is 2. The predicted molar refractivity (Wildman–Crippen MR) is 87.2 cm³/mol. The summed E-state index contributed by atoms with van der Waals surface area (Å²) < 4.78 is 11.5. The highest BCUT2D eigenvalue weighted by Gasteiger charge is 2.27. The molecule has 0 radical (unpaired) electrons. The molecule has 4 rings (SSSR count). The van der Waals surface area contributed by atoms with Crippen LogP contribution >= 0.6 is 0 Å². The maximum absolute atomic E-state index is 6.02. The molecule has 3 heterocycles. The first kappa shape index (κ1) is 14.4. The molecule has 0 amide bonds. The molecule has 1 atom stereocenters. The van der Waals surface area contributed by atoms with Gasteiger partial charge in [0, 0.05) is 30.6 Å². The van der Waals surface area contributed by atoms with Crippen LogP contribution in [0.2, 0.25) is 0 Å². The Balaban J connectivity index is 1.74. The molecular formula is C17H20N4O2. The fourth-order valence-corrected chi connectivity index (χ4v) is 3.14. The number of aromatic nitrogens is 2. The Labute approximate surface area is 134 Å². The van der Waals surface area contributed by atoms with Gasteiger partial charge >= 0.3 is 0 Å². The van der Waals surface area contributed by atoms with Crippen LogP contribution in [0, 0.1) is 13.8 Å². The van der Waals surface area contributed by atoms with Gasteiger partial charge < -0.3 is 14.3 Å². The Morgan fingerprint density at radius 3 is 2.96 bits per heavy atom. The van der Waals surface area contributed by atoms with E-state index in [0.717, 1.165) is 41.7 Å². The van der Waals surface area contributed by atoms with E-state index >= 15 is 0 Å². The van der Waals surface area contributed by atoms with Crippen LogP contribution < -0.4 is 5.32 Å². The van der Waals surface area contributed by atoms with Crippen molar-refractivity contribution in [3.05, 3.63) is 35.2 Å². The number of rotatable bonds is 2. The largest absolute Gasteiger partial charge is 0.450 e. The number of nitrogens with zero attached hydrogens (tertiary/aromatic N) is 3. The minimum absolute atomic E-state index is 0.132. The topological polar surface area (TPSA) is 67.3 Å². The van der Waals surface area contributed by atoms with Crippen LogP contribution in [0.1, 0.15) is 23.0 Å². The number of hydrogen-bond donors (Lipinski definition) is 1. The van der Waals surface area contributed by atoms with Crippen LogP contribution in [0.4, 0.5) is 0 Å². The summed E-state index contributed by atoms with van der Waals surface area (Å²) in [4.78, 5) is 6.82. The second-order valence-corrected chi connectivity index (χ2v) is 6.17. The minimum atomic E-state index is 0.132. The molecule has 0 bridgehead atoms. The lowest BCUT2D eigenvalue weighted by atomic mass is 10.1. The van der Waals surface area contributed by atoms with Crippen molar-refractivity contribution in [3.63, 3.8) is 0 Å². The van der Waals surface area contributed by atoms with E-state index in [1.54, 1.807) is 0 Å². The Bertz CT molecular complexity index is 852. The van der Waals surface area contributed by atoms with E-state index in [2.05, 4.69) is 33.5 Å². The molecule has 1 saturated heterocycles. The van der Waals surface area contributed by atoms with Crippen molar-refractivity contribution < 1.29 is 8.94 Å². The standard InChI is InChI=1S/C17H20N4O2/c1-10-5-4-6-12-11(2)15(22-14(10)12)17-19-16(20-23-17)13-9-18-7-8-21(13)3/h4-6,13,18H,7-9H2,1-3H3. The fraction of sp³-hybridized carbons (Fsp3) is 0.412. The number of fused-ring (bicyclic) bond motifs is 1. The van der Waals surface area contributed by atoms with Gasteiger partial charge in [0.05, 0.1) is 6.04 Å². The van der Waals surface area contributed by atoms with Crippen molar-refractivity contribution in [2.75, 3.05) is 26.7 Å². The zero-order chi connectivity index (χ0) is 16.0. The highest BCUT2D eigenvalue weighted by atomic mass is 16.5. The summed E-state index contributed by atoms with van der Waals surface area (Å²) in [5.74, 6) is 1.82. The molecule has 0 spiro atoms. The second kappa shape index (κ2) is 5.47. The lowest BCUT2D eigenvalue weighted by Crippen LogP contribution is -2.44. The third-order valence-corrected chi connectivity index (χ3v) is 4.61. The first-order valence-electron chi connectivity index (χ1n) is 7.89. The van der Waals surface area contributed by atoms with Crippen LogP contribution in [-0.4, -0.2) is 41.7 Å². The molecule has 3 aromatic rings. The van der Waals surface area contributed by atoms with Crippen molar-refractivity contribution in [2.45, 2.75) is 19.9 Å². The van der Waals surface area contributed by atoms with E-state index in [-0.39, 0.29) is 6.04 Å². The molecule has 1 aliphatic rings. The van der Waals surface area contributed by atoms with Crippen molar-refractivity contribution in [1.82, 2.24) is 20.4 Å². The molecule has 1 aliphatic heterocycles. The number of benzene rings is 1. The molecule has 6 heteroatoms. The fourth-order valence-electron chi connectivity index (χ4n) is 3.14. The van der Waals surface area contributed by atoms with Gasteiger partial charge in [-0.2, -0.15) is 4.98 Å². The van der Waals surface area contributed by atoms with E-state index in [1.807, 2.05) is 26.0 Å². The van der Waals surface area contributed by atoms with Gasteiger partial charge in [0.15, 0.2) is 11.6 Å². The van der Waals surface area contributed by atoms with E-state index in [0.29, 0.717) is 17.5 Å². The Morgan fingerprint density at radius 1 is 1.30 bits per heavy atom. The van der Waals surface area contributed by atoms with Crippen LogP contribution in [0.5, 0.6) is 0 Å². The molecule has 23 heavy (non-hydrogen) atoms. The van der Waals surface area contributed by atoms with Crippen LogP contribution in [0.15, 0.2) is 27.1 Å². The molecule has 1 unspecified atom stereocenters. The number of piperazine rings is 1. The normalized spacial score (nSPS) is 19.5. The lowest BCUT2D eigenvalue weighted by molar-refractivity contribution is 0.190. The summed E-state index contributed by atoms with van der Waals surface area (Å²) in [6.07, 6.45) is 0. The summed E-state index contributed by atoms with van der Waals surface area (Å²) in [5.41, 5.74) is 3.03. The molecule has 6 nitrogen and oxygen atoms in total. The van der Waals surface area contributed by atoms with Crippen molar-refractivity contribution in [3.8, 4) is 11.7 Å². The predicted octanol–water partition coefficient (Wildman–Crippen LogP) is 2.68. The number of hydrogen-bond acceptors (Lipinski definition) is 6. The third-order valence-electron chi connectivity index (χ3n) is 4.61. The summed E-state index contributed by atoms with van der Waals surface area (Å²) in [7, 11) is 2.08. The van der Waals surface area contributed by atoms with Gasteiger partial charge in [-0.15, -0.1) is 0 Å². The number of furan rings is 1. The first-order chi connectivity index (χ1) is 11.1. The van der Waals surface area contributed by atoms with Gasteiger partial charge in [0.1, 0.15) is 5.58 Å². The van der Waals surface area contributed by atoms with E-state index in [1.165, 1.54) is 0 Å². The molecule has 0 saturated carbocycles. The Hall–Kier alpha value is -2.18. The zero-order valence-corrected chi connectivity index (χ0v) is 13.6. The summed E-state index contributed by atoms with van der Waals surface area (Å²) in [6, 6.07) is 6.26. The molecule has 1 N–H and O–H groups in total. The van der Waals surface area contributed by atoms with Gasteiger partial charge in [0.25, 0.3) is 5.89 Å². The van der Waals surface area contributed by atoms with Crippen LogP contribution in [-0.2, 0) is 0 Å². The molecule has 1 fully saturated rings. The van der Waals surface area contributed by atoms with E-state index < -0.39 is 0 Å². The van der Waals surface area contributed by atoms with Crippen LogP contribution in [0.3, 0.4) is 0 Å². The smallest absolute Gasteiger partial charge is 0.294 e. The van der Waals surface area contributed by atoms with Gasteiger partial charge in [-0.05, 0) is 26.5 Å². The lowest BCUT2D eigenvalue weighted by Gasteiger charge is -2.30. The highest BCUT2D eigenvalue weighted by molar-refractivity contribution is 5.88. The average Bonchev–Trinajstić information content (AvgIpc) is 3.14. The second-order valence-electron chi connectivity index (χ2n) is 6.17. The average molecular weight is 312 g/mol. The molecule has 0 aliphatic carbocycles. The van der Waals surface area contributed by atoms with Gasteiger partial charge in [-0.3, -0.25) is 4.90 Å². The summed E-state index contributed by atoms with van der Waals surface area (Å²) >= 11 is 0. The molecule has 2 aromatic heterocycles. The molecule has 1 aromatic carbocycles. The number of nitrogens with one attached hydrogen (secondary N) is 1. The quantitative estimate of drug-likeness (QED) is 0.785. The van der Waals surface area contributed by atoms with Gasteiger partial charge in [-0.1, -0.05) is 23.4 Å². The minimum Gasteiger partial charge on any atom is -0.450 e. The SMILES string of the molecule is Cc1c(-c2nc(C3CNCCN3C)no2)oc2c(C)cccc12. The maximum Gasteiger partial charge on any atom is 0.294 e. The van der Waals surface area contributed by atoms with Crippen molar-refractivity contribution >= 4 is 11.0 Å². The van der Waals surface area contributed by atoms with Crippen molar-refractivity contribution in [1.29, 1.82) is 0 Å². The van der Waals surface area contributed by atoms with Crippen molar-refractivity contribution in [2.24, 2.45) is 0 Å². The molecular weight excluding hydrogens is 292 g/mol. The maximum atomic E-state index is 6.02. The summed E-state index contributed by atoms with van der Waals surface area (Å²) in [5, 5.41) is 8.63. The zero-order valence-electron chi connectivity index (χ0n) is 13.6.